The first-order valence-corrected chi connectivity index (χ1v) is 12.7. The number of sulfonamides is 1. The van der Waals surface area contributed by atoms with E-state index in [2.05, 4.69) is 10.3 Å². The molecule has 0 unspecified atom stereocenters. The van der Waals surface area contributed by atoms with Gasteiger partial charge in [0.25, 0.3) is 15.9 Å². The fourth-order valence-electron chi connectivity index (χ4n) is 2.94. The van der Waals surface area contributed by atoms with Crippen molar-refractivity contribution in [2.24, 2.45) is 0 Å². The Labute approximate surface area is 202 Å². The molecule has 2 N–H and O–H groups in total. The molecule has 0 aromatic heterocycles. The van der Waals surface area contributed by atoms with E-state index in [4.69, 9.17) is 17.0 Å². The molecule has 3 rings (SSSR count). The molecule has 2 aromatic carbocycles. The number of methoxy groups -OCH3 is 1. The maximum atomic E-state index is 12.7. The third-order valence-electron chi connectivity index (χ3n) is 4.71. The number of amides is 2. The van der Waals surface area contributed by atoms with Crippen molar-refractivity contribution in [2.75, 3.05) is 13.7 Å². The van der Waals surface area contributed by atoms with Crippen LogP contribution in [0.5, 0.6) is 5.75 Å². The van der Waals surface area contributed by atoms with Crippen molar-refractivity contribution in [3.63, 3.8) is 0 Å². The monoisotopic (exact) mass is 505 g/mol. The van der Waals surface area contributed by atoms with Crippen LogP contribution >= 0.6 is 24.0 Å². The topological polar surface area (TPSA) is 105 Å². The summed E-state index contributed by atoms with van der Waals surface area (Å²) in [6, 6.07) is 13.6. The van der Waals surface area contributed by atoms with E-state index in [9.17, 15) is 18.0 Å². The highest BCUT2D eigenvalue weighted by Gasteiger charge is 2.31. The molecule has 0 aliphatic carbocycles. The normalized spacial score (nSPS) is 15.2. The van der Waals surface area contributed by atoms with Gasteiger partial charge in [-0.05, 0) is 49.2 Å². The van der Waals surface area contributed by atoms with E-state index in [1.807, 2.05) is 31.2 Å². The second-order valence-electron chi connectivity index (χ2n) is 7.18. The smallest absolute Gasteiger partial charge is 0.266 e. The molecule has 2 aromatic rings. The van der Waals surface area contributed by atoms with Crippen molar-refractivity contribution >= 4 is 56.2 Å². The summed E-state index contributed by atoms with van der Waals surface area (Å²) in [5, 5.41) is 0. The van der Waals surface area contributed by atoms with E-state index in [0.29, 0.717) is 21.4 Å². The summed E-state index contributed by atoms with van der Waals surface area (Å²) in [5.74, 6) is -0.0559. The first-order chi connectivity index (χ1) is 15.7. The predicted octanol–water partition coefficient (Wildman–Crippen LogP) is 2.99. The molecule has 11 heteroatoms. The maximum Gasteiger partial charge on any atom is 0.266 e. The van der Waals surface area contributed by atoms with E-state index in [-0.39, 0.29) is 23.8 Å². The van der Waals surface area contributed by atoms with Crippen LogP contribution in [0, 0.1) is 6.92 Å². The van der Waals surface area contributed by atoms with Crippen molar-refractivity contribution in [3.8, 4) is 5.75 Å². The lowest BCUT2D eigenvalue weighted by atomic mass is 10.2. The Balaban J connectivity index is 1.50. The highest BCUT2D eigenvalue weighted by Crippen LogP contribution is 2.33. The Morgan fingerprint density at radius 1 is 1.21 bits per heavy atom. The Hall–Kier alpha value is -2.73. The van der Waals surface area contributed by atoms with Gasteiger partial charge in [-0.25, -0.2) is 8.42 Å². The lowest BCUT2D eigenvalue weighted by Gasteiger charge is -2.14. The summed E-state index contributed by atoms with van der Waals surface area (Å²) < 4.78 is 30.1. The minimum atomic E-state index is -3.86. The number of thioether (sulfide) groups is 1. The van der Waals surface area contributed by atoms with Gasteiger partial charge in [-0.15, -0.1) is 4.83 Å². The average molecular weight is 506 g/mol. The van der Waals surface area contributed by atoms with E-state index in [0.717, 1.165) is 11.1 Å². The largest absolute Gasteiger partial charge is 0.497 e. The molecule has 174 valence electrons. The molecule has 1 saturated heterocycles. The molecule has 1 heterocycles. The SMILES string of the molecule is COc1cccc(C=C2SC(=S)N(CCCC(=O)NNS(=O)(=O)c3ccc(C)cc3)C2=O)c1. The molecule has 8 nitrogen and oxygen atoms in total. The molecular weight excluding hydrogens is 482 g/mol. The van der Waals surface area contributed by atoms with Gasteiger partial charge in [-0.1, -0.05) is 53.8 Å². The van der Waals surface area contributed by atoms with Crippen LogP contribution in [0.25, 0.3) is 6.08 Å². The summed E-state index contributed by atoms with van der Waals surface area (Å²) in [7, 11) is -2.29. The molecule has 1 fully saturated rings. The van der Waals surface area contributed by atoms with Crippen molar-refractivity contribution in [2.45, 2.75) is 24.7 Å². The second-order valence-corrected chi connectivity index (χ2v) is 10.5. The zero-order valence-electron chi connectivity index (χ0n) is 18.0. The fraction of sp³-hybridized carbons (Fsp3) is 0.227. The van der Waals surface area contributed by atoms with Gasteiger partial charge >= 0.3 is 0 Å². The van der Waals surface area contributed by atoms with Crippen LogP contribution in [0.4, 0.5) is 0 Å². The highest BCUT2D eigenvalue weighted by atomic mass is 32.2. The van der Waals surface area contributed by atoms with Crippen molar-refractivity contribution in [3.05, 3.63) is 64.6 Å². The minimum Gasteiger partial charge on any atom is -0.497 e. The lowest BCUT2D eigenvalue weighted by Crippen LogP contribution is -2.41. The Morgan fingerprint density at radius 2 is 1.94 bits per heavy atom. The van der Waals surface area contributed by atoms with Gasteiger partial charge < -0.3 is 4.74 Å². The van der Waals surface area contributed by atoms with E-state index < -0.39 is 15.9 Å². The van der Waals surface area contributed by atoms with Crippen LogP contribution in [0.15, 0.2) is 58.3 Å². The number of hydrazine groups is 1. The highest BCUT2D eigenvalue weighted by molar-refractivity contribution is 8.26. The zero-order chi connectivity index (χ0) is 24.0. The molecule has 1 aliphatic rings. The van der Waals surface area contributed by atoms with Crippen molar-refractivity contribution in [1.29, 1.82) is 0 Å². The summed E-state index contributed by atoms with van der Waals surface area (Å²) in [4.78, 5) is 28.8. The number of hydrogen-bond acceptors (Lipinski definition) is 7. The number of rotatable bonds is 9. The molecule has 1 aliphatic heterocycles. The fourth-order valence-corrected chi connectivity index (χ4v) is 5.11. The third kappa shape index (κ3) is 6.64. The van der Waals surface area contributed by atoms with Crippen LogP contribution < -0.4 is 15.0 Å². The van der Waals surface area contributed by atoms with Crippen LogP contribution in [0.2, 0.25) is 0 Å². The number of carbonyl (C=O) groups is 2. The van der Waals surface area contributed by atoms with Crippen LogP contribution in [-0.2, 0) is 19.6 Å². The molecule has 0 spiro atoms. The molecule has 33 heavy (non-hydrogen) atoms. The molecule has 0 radical (unpaired) electrons. The molecule has 2 amide bonds. The van der Waals surface area contributed by atoms with E-state index >= 15 is 0 Å². The van der Waals surface area contributed by atoms with Gasteiger partial charge in [0.15, 0.2) is 0 Å². The van der Waals surface area contributed by atoms with Gasteiger partial charge in [0.05, 0.1) is 16.9 Å². The first-order valence-electron chi connectivity index (χ1n) is 9.96. The average Bonchev–Trinajstić information content (AvgIpc) is 3.05. The van der Waals surface area contributed by atoms with Gasteiger partial charge in [0.2, 0.25) is 5.91 Å². The van der Waals surface area contributed by atoms with Crippen molar-refractivity contribution < 1.29 is 22.7 Å². The van der Waals surface area contributed by atoms with Gasteiger partial charge in [-0.3, -0.25) is 19.9 Å². The number of aryl methyl sites for hydroxylation is 1. The number of nitrogens with one attached hydrogen (secondary N) is 2. The van der Waals surface area contributed by atoms with E-state index in [1.54, 1.807) is 25.3 Å². The lowest BCUT2D eigenvalue weighted by molar-refractivity contribution is -0.124. The number of benzene rings is 2. The predicted molar refractivity (Wildman–Crippen MR) is 132 cm³/mol. The first kappa shape index (κ1) is 24.9. The molecule has 0 atom stereocenters. The number of thiocarbonyl (C=S) groups is 1. The van der Waals surface area contributed by atoms with Gasteiger partial charge in [-0.2, -0.15) is 0 Å². The number of ether oxygens (including phenoxy) is 1. The summed E-state index contributed by atoms with van der Waals surface area (Å²) in [5.41, 5.74) is 3.93. The minimum absolute atomic E-state index is 0.0163. The summed E-state index contributed by atoms with van der Waals surface area (Å²) in [6.45, 7) is 2.09. The number of carbonyl (C=O) groups excluding carboxylic acids is 2. The zero-order valence-corrected chi connectivity index (χ0v) is 20.5. The van der Waals surface area contributed by atoms with E-state index in [1.165, 1.54) is 28.8 Å². The molecule has 0 bridgehead atoms. The van der Waals surface area contributed by atoms with Gasteiger partial charge in [0.1, 0.15) is 10.1 Å². The van der Waals surface area contributed by atoms with Crippen molar-refractivity contribution in [1.82, 2.24) is 15.2 Å². The molecular formula is C22H23N3O5S3. The van der Waals surface area contributed by atoms with Crippen LogP contribution in [0.3, 0.4) is 0 Å². The Bertz CT molecular complexity index is 1190. The quantitative estimate of drug-likeness (QED) is 0.307. The molecule has 0 saturated carbocycles. The standard InChI is InChI=1S/C22H23N3O5S3/c1-15-8-10-18(11-9-15)33(28,29)24-23-20(26)7-4-12-25-21(27)19(32-22(25)31)14-16-5-3-6-17(13-16)30-2/h3,5-6,8-11,13-14,24H,4,7,12H2,1-2H3,(H,23,26). The number of hydrogen-bond donors (Lipinski definition) is 2. The Kier molecular flexibility index (Phi) is 8.25. The Morgan fingerprint density at radius 3 is 2.64 bits per heavy atom. The third-order valence-corrected chi connectivity index (χ3v) is 7.35. The second kappa shape index (κ2) is 10.9. The van der Waals surface area contributed by atoms with Crippen LogP contribution in [0.1, 0.15) is 24.0 Å². The maximum absolute atomic E-state index is 12.7. The van der Waals surface area contributed by atoms with Gasteiger partial charge in [0, 0.05) is 13.0 Å². The summed E-state index contributed by atoms with van der Waals surface area (Å²) >= 11 is 6.51. The van der Waals surface area contributed by atoms with Crippen LogP contribution in [-0.4, -0.2) is 43.1 Å². The summed E-state index contributed by atoms with van der Waals surface area (Å²) in [6.07, 6.45) is 2.08. The number of nitrogens with zero attached hydrogens (tertiary/aromatic N) is 1.